The maximum Gasteiger partial charge on any atom is 0.183 e. The highest BCUT2D eigenvalue weighted by atomic mass is 35.5. The lowest BCUT2D eigenvalue weighted by Crippen LogP contribution is -2.47. The second kappa shape index (κ2) is 4.96. The summed E-state index contributed by atoms with van der Waals surface area (Å²) in [5, 5.41) is -0.0853. The molecular formula is C13H19ClN2O2S. The second-order valence-corrected chi connectivity index (χ2v) is 7.92. The Labute approximate surface area is 119 Å². The summed E-state index contributed by atoms with van der Waals surface area (Å²) in [6.45, 7) is 1.70. The van der Waals surface area contributed by atoms with E-state index in [1.54, 1.807) is 19.1 Å². The molecule has 19 heavy (non-hydrogen) atoms. The number of anilines is 1. The first-order valence-electron chi connectivity index (χ1n) is 6.20. The van der Waals surface area contributed by atoms with Crippen molar-refractivity contribution in [2.24, 2.45) is 0 Å². The third kappa shape index (κ3) is 2.47. The van der Waals surface area contributed by atoms with Crippen LogP contribution < -0.4 is 5.73 Å². The van der Waals surface area contributed by atoms with Crippen molar-refractivity contribution in [1.29, 1.82) is 0 Å². The number of nitrogens with zero attached hydrogens (tertiary/aromatic N) is 1. The minimum atomic E-state index is -3.39. The molecule has 0 heterocycles. The fourth-order valence-electron chi connectivity index (χ4n) is 2.40. The van der Waals surface area contributed by atoms with E-state index >= 15 is 0 Å². The van der Waals surface area contributed by atoms with Crippen LogP contribution in [0.3, 0.4) is 0 Å². The van der Waals surface area contributed by atoms with Crippen LogP contribution in [-0.2, 0) is 9.84 Å². The van der Waals surface area contributed by atoms with Crippen LogP contribution in [0.2, 0.25) is 5.02 Å². The Bertz CT molecular complexity index is 593. The molecule has 1 aromatic carbocycles. The van der Waals surface area contributed by atoms with E-state index in [0.717, 1.165) is 0 Å². The molecule has 4 nitrogen and oxygen atoms in total. The Hall–Kier alpha value is -0.780. The standard InChI is InChI=1S/C13H19ClN2O2S/c1-8-12(15)5-4-11(14)13(8)19(17,18)10-6-9(7-10)16(2)3/h4-5,9-10H,6-7,15H2,1-3H3/t9-,10-. The third-order valence-corrected chi connectivity index (χ3v) is 6.71. The molecule has 0 saturated heterocycles. The molecule has 0 unspecified atom stereocenters. The highest BCUT2D eigenvalue weighted by Gasteiger charge is 2.41. The molecule has 0 atom stereocenters. The van der Waals surface area contributed by atoms with Gasteiger partial charge in [-0.05, 0) is 51.6 Å². The molecule has 1 aliphatic rings. The molecule has 0 spiro atoms. The van der Waals surface area contributed by atoms with E-state index in [1.807, 2.05) is 14.1 Å². The number of nitrogen functional groups attached to an aromatic ring is 1. The average Bonchev–Trinajstić information content (AvgIpc) is 2.20. The van der Waals surface area contributed by atoms with Crippen molar-refractivity contribution in [2.75, 3.05) is 19.8 Å². The number of benzene rings is 1. The predicted molar refractivity (Wildman–Crippen MR) is 78.3 cm³/mol. The average molecular weight is 303 g/mol. The maximum absolute atomic E-state index is 12.6. The Morgan fingerprint density at radius 1 is 1.32 bits per heavy atom. The van der Waals surface area contributed by atoms with Crippen LogP contribution in [0.25, 0.3) is 0 Å². The first-order chi connectivity index (χ1) is 8.75. The third-order valence-electron chi connectivity index (χ3n) is 3.92. The van der Waals surface area contributed by atoms with Gasteiger partial charge in [0.1, 0.15) is 0 Å². The number of rotatable bonds is 3. The van der Waals surface area contributed by atoms with Crippen LogP contribution in [0.15, 0.2) is 17.0 Å². The van der Waals surface area contributed by atoms with Gasteiger partial charge in [0.15, 0.2) is 9.84 Å². The van der Waals surface area contributed by atoms with Crippen molar-refractivity contribution in [1.82, 2.24) is 4.90 Å². The number of nitrogens with two attached hydrogens (primary N) is 1. The Morgan fingerprint density at radius 2 is 1.89 bits per heavy atom. The van der Waals surface area contributed by atoms with Gasteiger partial charge in [0, 0.05) is 11.7 Å². The van der Waals surface area contributed by atoms with Gasteiger partial charge >= 0.3 is 0 Å². The van der Waals surface area contributed by atoms with Gasteiger partial charge in [0.05, 0.1) is 15.2 Å². The van der Waals surface area contributed by atoms with Crippen molar-refractivity contribution in [3.8, 4) is 0 Å². The largest absolute Gasteiger partial charge is 0.398 e. The zero-order valence-electron chi connectivity index (χ0n) is 11.4. The van der Waals surface area contributed by atoms with Gasteiger partial charge in [-0.15, -0.1) is 0 Å². The summed E-state index contributed by atoms with van der Waals surface area (Å²) >= 11 is 6.06. The zero-order valence-corrected chi connectivity index (χ0v) is 12.9. The van der Waals surface area contributed by atoms with E-state index in [-0.39, 0.29) is 15.2 Å². The van der Waals surface area contributed by atoms with Gasteiger partial charge in [-0.1, -0.05) is 11.6 Å². The molecule has 0 bridgehead atoms. The van der Waals surface area contributed by atoms with E-state index < -0.39 is 9.84 Å². The van der Waals surface area contributed by atoms with Gasteiger partial charge in [-0.25, -0.2) is 8.42 Å². The van der Waals surface area contributed by atoms with Gasteiger partial charge in [-0.3, -0.25) is 0 Å². The normalized spacial score (nSPS) is 23.4. The molecule has 0 radical (unpaired) electrons. The molecule has 0 amide bonds. The van der Waals surface area contributed by atoms with Gasteiger partial charge in [-0.2, -0.15) is 0 Å². The van der Waals surface area contributed by atoms with Crippen molar-refractivity contribution < 1.29 is 8.42 Å². The highest BCUT2D eigenvalue weighted by Crippen LogP contribution is 2.38. The van der Waals surface area contributed by atoms with Crippen molar-refractivity contribution in [3.63, 3.8) is 0 Å². The Kier molecular flexibility index (Phi) is 3.82. The highest BCUT2D eigenvalue weighted by molar-refractivity contribution is 7.92. The number of hydrogen-bond donors (Lipinski definition) is 1. The first-order valence-corrected chi connectivity index (χ1v) is 8.12. The van der Waals surface area contributed by atoms with Crippen LogP contribution in [0.5, 0.6) is 0 Å². The van der Waals surface area contributed by atoms with Crippen LogP contribution >= 0.6 is 11.6 Å². The Morgan fingerprint density at radius 3 is 2.42 bits per heavy atom. The van der Waals surface area contributed by atoms with Crippen molar-refractivity contribution >= 4 is 27.1 Å². The summed E-state index contributed by atoms with van der Waals surface area (Å²) in [4.78, 5) is 2.26. The van der Waals surface area contributed by atoms with Crippen molar-refractivity contribution in [2.45, 2.75) is 36.0 Å². The molecule has 1 aromatic rings. The molecule has 2 N–H and O–H groups in total. The van der Waals surface area contributed by atoms with E-state index in [1.165, 1.54) is 0 Å². The first kappa shape index (κ1) is 14.6. The smallest absolute Gasteiger partial charge is 0.183 e. The van der Waals surface area contributed by atoms with Crippen molar-refractivity contribution in [3.05, 3.63) is 22.7 Å². The lowest BCUT2D eigenvalue weighted by molar-refractivity contribution is 0.196. The molecule has 0 aliphatic heterocycles. The number of sulfone groups is 1. The number of halogens is 1. The fraction of sp³-hybridized carbons (Fsp3) is 0.538. The summed E-state index contributed by atoms with van der Waals surface area (Å²) in [5.41, 5.74) is 6.81. The van der Waals surface area contributed by atoms with Crippen LogP contribution in [0.1, 0.15) is 18.4 Å². The molecule has 0 aromatic heterocycles. The van der Waals surface area contributed by atoms with E-state index in [0.29, 0.717) is 30.1 Å². The zero-order chi connectivity index (χ0) is 14.4. The monoisotopic (exact) mass is 302 g/mol. The molecular weight excluding hydrogens is 284 g/mol. The maximum atomic E-state index is 12.6. The number of hydrogen-bond acceptors (Lipinski definition) is 4. The fourth-order valence-corrected chi connectivity index (χ4v) is 5.10. The van der Waals surface area contributed by atoms with E-state index in [2.05, 4.69) is 4.90 Å². The van der Waals surface area contributed by atoms with Gasteiger partial charge < -0.3 is 10.6 Å². The van der Waals surface area contributed by atoms with Gasteiger partial charge in [0.2, 0.25) is 0 Å². The topological polar surface area (TPSA) is 63.4 Å². The predicted octanol–water partition coefficient (Wildman–Crippen LogP) is 2.10. The molecule has 1 saturated carbocycles. The summed E-state index contributed by atoms with van der Waals surface area (Å²) < 4.78 is 25.2. The lowest BCUT2D eigenvalue weighted by atomic mass is 9.91. The SMILES string of the molecule is Cc1c(N)ccc(Cl)c1S(=O)(=O)[C@H]1C[C@H](N(C)C)C1. The Balaban J connectivity index is 2.35. The van der Waals surface area contributed by atoms with Crippen LogP contribution in [-0.4, -0.2) is 38.7 Å². The summed E-state index contributed by atoms with van der Waals surface area (Å²) in [5.74, 6) is 0. The molecule has 2 rings (SSSR count). The molecule has 6 heteroatoms. The van der Waals surface area contributed by atoms with Crippen LogP contribution in [0.4, 0.5) is 5.69 Å². The van der Waals surface area contributed by atoms with E-state index in [4.69, 9.17) is 17.3 Å². The summed E-state index contributed by atoms with van der Waals surface area (Å²) in [6.07, 6.45) is 1.31. The minimum Gasteiger partial charge on any atom is -0.398 e. The molecule has 106 valence electrons. The summed E-state index contributed by atoms with van der Waals surface area (Å²) in [7, 11) is 0.538. The minimum absolute atomic E-state index is 0.205. The quantitative estimate of drug-likeness (QED) is 0.869. The molecule has 1 fully saturated rings. The van der Waals surface area contributed by atoms with Gasteiger partial charge in [0.25, 0.3) is 0 Å². The van der Waals surface area contributed by atoms with Crippen LogP contribution in [0, 0.1) is 6.92 Å². The van der Waals surface area contributed by atoms with E-state index in [9.17, 15) is 8.42 Å². The second-order valence-electron chi connectivity index (χ2n) is 5.35. The summed E-state index contributed by atoms with van der Waals surface area (Å²) in [6, 6.07) is 3.53. The lowest BCUT2D eigenvalue weighted by Gasteiger charge is -2.39. The molecule has 1 aliphatic carbocycles.